The minimum atomic E-state index is 0.812. The SMILES string of the molecule is COC1=CC2=N/C1=C\c1ccc([nH]1)CCCCCCCCCc1ccc2[nH]1. The minimum Gasteiger partial charge on any atom is -0.494 e. The Morgan fingerprint density at radius 3 is 2.19 bits per heavy atom. The number of hydrogen-bond acceptors (Lipinski definition) is 2. The number of hydrogen-bond donors (Lipinski definition) is 2. The van der Waals surface area contributed by atoms with E-state index in [2.05, 4.69) is 40.3 Å². The van der Waals surface area contributed by atoms with Crippen LogP contribution < -0.4 is 0 Å². The van der Waals surface area contributed by atoms with E-state index >= 15 is 0 Å². The fourth-order valence-electron chi connectivity index (χ4n) is 3.91. The van der Waals surface area contributed by atoms with Crippen molar-refractivity contribution in [2.75, 3.05) is 7.11 Å². The minimum absolute atomic E-state index is 0.812. The number of fused-ring (bicyclic) bond motifs is 6. The highest BCUT2D eigenvalue weighted by atomic mass is 16.5. The molecule has 4 heteroatoms. The van der Waals surface area contributed by atoms with Crippen molar-refractivity contribution < 1.29 is 4.74 Å². The fourth-order valence-corrected chi connectivity index (χ4v) is 3.91. The monoisotopic (exact) mass is 363 g/mol. The van der Waals surface area contributed by atoms with Crippen molar-refractivity contribution in [3.05, 3.63) is 64.6 Å². The summed E-state index contributed by atoms with van der Waals surface area (Å²) in [5, 5.41) is 0. The first-order valence-electron chi connectivity index (χ1n) is 10.2. The van der Waals surface area contributed by atoms with Gasteiger partial charge in [0.25, 0.3) is 0 Å². The Hall–Kier alpha value is -2.49. The second-order valence-corrected chi connectivity index (χ2v) is 7.55. The van der Waals surface area contributed by atoms with Gasteiger partial charge < -0.3 is 14.7 Å². The van der Waals surface area contributed by atoms with Crippen LogP contribution >= 0.6 is 0 Å². The van der Waals surface area contributed by atoms with Crippen LogP contribution in [0, 0.1) is 0 Å². The van der Waals surface area contributed by atoms with Crippen molar-refractivity contribution in [3.8, 4) is 0 Å². The van der Waals surface area contributed by atoms with Crippen LogP contribution in [-0.4, -0.2) is 22.8 Å². The molecule has 0 aromatic carbocycles. The number of rotatable bonds is 1. The largest absolute Gasteiger partial charge is 0.494 e. The lowest BCUT2D eigenvalue weighted by atomic mass is 10.1. The van der Waals surface area contributed by atoms with Crippen LogP contribution in [0.1, 0.15) is 67.7 Å². The zero-order chi connectivity index (χ0) is 18.5. The Morgan fingerprint density at radius 1 is 0.778 bits per heavy atom. The van der Waals surface area contributed by atoms with E-state index in [9.17, 15) is 0 Å². The average molecular weight is 364 g/mol. The number of aryl methyl sites for hydroxylation is 2. The molecule has 2 N–H and O–H groups in total. The molecule has 0 spiro atoms. The molecule has 4 heterocycles. The molecule has 6 bridgehead atoms. The lowest BCUT2D eigenvalue weighted by Gasteiger charge is -2.02. The van der Waals surface area contributed by atoms with Gasteiger partial charge in [-0.15, -0.1) is 0 Å². The summed E-state index contributed by atoms with van der Waals surface area (Å²) in [6.07, 6.45) is 15.5. The third kappa shape index (κ3) is 4.44. The molecule has 4 rings (SSSR count). The number of aliphatic imine (C=N–C) groups is 1. The van der Waals surface area contributed by atoms with Gasteiger partial charge in [-0.05, 0) is 56.0 Å². The first kappa shape index (κ1) is 17.9. The maximum absolute atomic E-state index is 5.56. The van der Waals surface area contributed by atoms with Crippen molar-refractivity contribution >= 4 is 11.8 Å². The highest BCUT2D eigenvalue weighted by molar-refractivity contribution is 6.11. The fraction of sp³-hybridized carbons (Fsp3) is 0.435. The molecule has 2 aliphatic heterocycles. The first-order valence-corrected chi connectivity index (χ1v) is 10.2. The Kier molecular flexibility index (Phi) is 5.61. The van der Waals surface area contributed by atoms with E-state index in [1.807, 2.05) is 6.08 Å². The van der Waals surface area contributed by atoms with Crippen LogP contribution in [0.25, 0.3) is 6.08 Å². The van der Waals surface area contributed by atoms with Crippen molar-refractivity contribution in [1.29, 1.82) is 0 Å². The molecule has 2 aromatic heterocycles. The summed E-state index contributed by atoms with van der Waals surface area (Å²) < 4.78 is 5.56. The number of aromatic nitrogens is 2. The van der Waals surface area contributed by atoms with Crippen LogP contribution in [0.5, 0.6) is 0 Å². The van der Waals surface area contributed by atoms with Crippen LogP contribution in [-0.2, 0) is 17.6 Å². The molecule has 0 amide bonds. The van der Waals surface area contributed by atoms with Crippen LogP contribution in [0.2, 0.25) is 0 Å². The molecule has 0 aliphatic carbocycles. The summed E-state index contributed by atoms with van der Waals surface area (Å²) >= 11 is 0. The number of ether oxygens (including phenoxy) is 1. The summed E-state index contributed by atoms with van der Waals surface area (Å²) in [7, 11) is 1.71. The lowest BCUT2D eigenvalue weighted by Crippen LogP contribution is -1.95. The van der Waals surface area contributed by atoms with Gasteiger partial charge in [0.1, 0.15) is 11.5 Å². The number of nitrogens with zero attached hydrogens (tertiary/aromatic N) is 1. The molecule has 0 saturated heterocycles. The van der Waals surface area contributed by atoms with Gasteiger partial charge in [-0.3, -0.25) is 0 Å². The van der Waals surface area contributed by atoms with E-state index in [0.29, 0.717) is 0 Å². The van der Waals surface area contributed by atoms with Gasteiger partial charge in [-0.1, -0.05) is 32.1 Å². The Bertz CT molecular complexity index is 866. The van der Waals surface area contributed by atoms with E-state index in [0.717, 1.165) is 41.4 Å². The Labute approximate surface area is 161 Å². The van der Waals surface area contributed by atoms with Gasteiger partial charge in [-0.25, -0.2) is 4.99 Å². The first-order chi connectivity index (χ1) is 13.3. The summed E-state index contributed by atoms with van der Waals surface area (Å²) in [6.45, 7) is 0. The third-order valence-electron chi connectivity index (χ3n) is 5.46. The molecule has 142 valence electrons. The quantitative estimate of drug-likeness (QED) is 0.686. The van der Waals surface area contributed by atoms with Crippen LogP contribution in [0.15, 0.2) is 46.8 Å². The molecule has 0 saturated carbocycles. The van der Waals surface area contributed by atoms with Gasteiger partial charge in [0.05, 0.1) is 18.5 Å². The van der Waals surface area contributed by atoms with Gasteiger partial charge >= 0.3 is 0 Å². The van der Waals surface area contributed by atoms with E-state index in [4.69, 9.17) is 9.73 Å². The molecule has 0 radical (unpaired) electrons. The van der Waals surface area contributed by atoms with Crippen LogP contribution in [0.4, 0.5) is 0 Å². The Balaban J connectivity index is 1.61. The van der Waals surface area contributed by atoms with Gasteiger partial charge in [-0.2, -0.15) is 0 Å². The van der Waals surface area contributed by atoms with Crippen molar-refractivity contribution in [1.82, 2.24) is 9.97 Å². The number of H-pyrrole nitrogens is 2. The predicted molar refractivity (Wildman–Crippen MR) is 111 cm³/mol. The van der Waals surface area contributed by atoms with Crippen molar-refractivity contribution in [2.24, 2.45) is 4.99 Å². The van der Waals surface area contributed by atoms with Crippen molar-refractivity contribution in [3.63, 3.8) is 0 Å². The highest BCUT2D eigenvalue weighted by Crippen LogP contribution is 2.25. The molecule has 4 nitrogen and oxygen atoms in total. The maximum Gasteiger partial charge on any atom is 0.146 e. The molecular formula is C23H29N3O. The molecule has 2 aromatic rings. The van der Waals surface area contributed by atoms with Crippen LogP contribution in [0.3, 0.4) is 0 Å². The van der Waals surface area contributed by atoms with E-state index < -0.39 is 0 Å². The van der Waals surface area contributed by atoms with Gasteiger partial charge in [0.2, 0.25) is 0 Å². The lowest BCUT2D eigenvalue weighted by molar-refractivity contribution is 0.303. The molecule has 27 heavy (non-hydrogen) atoms. The number of nitrogens with one attached hydrogen (secondary N) is 2. The zero-order valence-electron chi connectivity index (χ0n) is 16.2. The van der Waals surface area contributed by atoms with E-state index in [-0.39, 0.29) is 0 Å². The smallest absolute Gasteiger partial charge is 0.146 e. The predicted octanol–water partition coefficient (Wildman–Crippen LogP) is 5.55. The average Bonchev–Trinajstić information content (AvgIpc) is 3.39. The molecule has 0 fully saturated rings. The molecule has 0 unspecified atom stereocenters. The second-order valence-electron chi connectivity index (χ2n) is 7.55. The number of aromatic amines is 2. The summed E-state index contributed by atoms with van der Waals surface area (Å²) in [5.74, 6) is 0.812. The highest BCUT2D eigenvalue weighted by Gasteiger charge is 2.18. The van der Waals surface area contributed by atoms with E-state index in [1.54, 1.807) is 7.11 Å². The summed E-state index contributed by atoms with van der Waals surface area (Å²) in [6, 6.07) is 8.65. The Morgan fingerprint density at radius 2 is 1.44 bits per heavy atom. The van der Waals surface area contributed by atoms with E-state index in [1.165, 1.54) is 56.3 Å². The normalized spacial score (nSPS) is 20.6. The van der Waals surface area contributed by atoms with Gasteiger partial charge in [0, 0.05) is 23.2 Å². The van der Waals surface area contributed by atoms with Crippen molar-refractivity contribution in [2.45, 2.75) is 57.8 Å². The summed E-state index contributed by atoms with van der Waals surface area (Å²) in [5.41, 5.74) is 6.55. The molecule has 0 atom stereocenters. The summed E-state index contributed by atoms with van der Waals surface area (Å²) in [4.78, 5) is 11.9. The zero-order valence-corrected chi connectivity index (χ0v) is 16.2. The third-order valence-corrected chi connectivity index (χ3v) is 5.46. The van der Waals surface area contributed by atoms with Gasteiger partial charge in [0.15, 0.2) is 0 Å². The molecule has 2 aliphatic rings. The standard InChI is InChI=1S/C23H29N3O/c1-27-23-16-21-20-14-13-18(25-20)10-8-6-4-2-3-5-7-9-17-11-12-19(24-17)15-22(23)26-21/h11-16,24-25H,2-10H2,1H3/b22-15-. The number of allylic oxidation sites excluding steroid dienone is 1. The number of methoxy groups -OCH3 is 1. The maximum atomic E-state index is 5.56. The topological polar surface area (TPSA) is 53.2 Å². The molecular weight excluding hydrogens is 334 g/mol. The second kappa shape index (κ2) is 8.47.